The Kier molecular flexibility index (Phi) is 5.47. The van der Waals surface area contributed by atoms with Gasteiger partial charge in [0.15, 0.2) is 0 Å². The summed E-state index contributed by atoms with van der Waals surface area (Å²) in [6.45, 7) is -0.871. The minimum absolute atomic E-state index is 0.273. The van der Waals surface area contributed by atoms with Gasteiger partial charge in [0.25, 0.3) is 0 Å². The van der Waals surface area contributed by atoms with Crippen LogP contribution >= 0.6 is 0 Å². The second kappa shape index (κ2) is 5.82. The smallest absolute Gasteiger partial charge is 0.394 e. The Hall–Kier alpha value is -0.820. The van der Waals surface area contributed by atoms with Crippen molar-refractivity contribution in [3.8, 4) is 0 Å². The van der Waals surface area contributed by atoms with Gasteiger partial charge in [0.1, 0.15) is 13.2 Å². The predicted molar refractivity (Wildman–Crippen MR) is 41.6 cm³/mol. The molecular weight excluding hydrogens is 203 g/mol. The van der Waals surface area contributed by atoms with E-state index in [9.17, 15) is 18.0 Å². The first kappa shape index (κ1) is 13.2. The summed E-state index contributed by atoms with van der Waals surface area (Å²) in [6, 6.07) is -0.489. The van der Waals surface area contributed by atoms with E-state index in [2.05, 4.69) is 10.1 Å². The average molecular weight is 215 g/mol. The van der Waals surface area contributed by atoms with Crippen molar-refractivity contribution in [3.05, 3.63) is 0 Å². The minimum atomic E-state index is -4.43. The third-order valence-corrected chi connectivity index (χ3v) is 1.18. The lowest BCUT2D eigenvalue weighted by molar-refractivity contribution is -0.175. The van der Waals surface area contributed by atoms with Gasteiger partial charge in [0.05, 0.1) is 6.61 Å². The Bertz CT molecular complexity index is 184. The molecule has 84 valence electrons. The summed E-state index contributed by atoms with van der Waals surface area (Å²) in [5, 5.41) is 10.7. The van der Waals surface area contributed by atoms with E-state index in [0.717, 1.165) is 0 Å². The molecule has 0 saturated heterocycles. The van der Waals surface area contributed by atoms with Crippen molar-refractivity contribution in [1.82, 2.24) is 5.32 Å². The molecule has 1 atom stereocenters. The van der Waals surface area contributed by atoms with Crippen LogP contribution in [0.3, 0.4) is 0 Å². The van der Waals surface area contributed by atoms with Gasteiger partial charge in [-0.2, -0.15) is 13.2 Å². The summed E-state index contributed by atoms with van der Waals surface area (Å²) in [7, 11) is 0. The normalized spacial score (nSPS) is 13.8. The molecule has 0 unspecified atom stereocenters. The molecule has 0 saturated carbocycles. The van der Waals surface area contributed by atoms with Gasteiger partial charge in [-0.3, -0.25) is 4.79 Å². The van der Waals surface area contributed by atoms with E-state index < -0.39 is 31.3 Å². The molecular formula is C7H12F3NO3. The number of hydrogen-bond donors (Lipinski definition) is 2. The molecule has 0 aromatic rings. The lowest BCUT2D eigenvalue weighted by atomic mass is 10.3. The van der Waals surface area contributed by atoms with Crippen molar-refractivity contribution < 1.29 is 27.8 Å². The second-order valence-electron chi connectivity index (χ2n) is 2.76. The number of alkyl halides is 3. The molecule has 0 radical (unpaired) electrons. The van der Waals surface area contributed by atoms with Crippen molar-refractivity contribution >= 4 is 5.91 Å². The number of carbonyl (C=O) groups is 1. The number of hydrogen-bond acceptors (Lipinski definition) is 3. The van der Waals surface area contributed by atoms with Crippen LogP contribution in [0.5, 0.6) is 0 Å². The Labute approximate surface area is 79.0 Å². The monoisotopic (exact) mass is 215 g/mol. The summed E-state index contributed by atoms with van der Waals surface area (Å²) in [5.41, 5.74) is 0. The van der Waals surface area contributed by atoms with Crippen LogP contribution in [-0.4, -0.2) is 43.1 Å². The summed E-state index contributed by atoms with van der Waals surface area (Å²) in [4.78, 5) is 10.8. The number of amides is 1. The van der Waals surface area contributed by atoms with Gasteiger partial charge < -0.3 is 15.2 Å². The number of aliphatic hydroxyl groups excluding tert-OH is 1. The topological polar surface area (TPSA) is 58.6 Å². The molecule has 4 nitrogen and oxygen atoms in total. The fourth-order valence-electron chi connectivity index (χ4n) is 0.622. The third kappa shape index (κ3) is 7.81. The number of ether oxygens (including phenoxy) is 1. The highest BCUT2D eigenvalue weighted by Gasteiger charge is 2.27. The number of nitrogens with one attached hydrogen (secondary N) is 1. The van der Waals surface area contributed by atoms with Gasteiger partial charge in [0, 0.05) is 6.04 Å². The zero-order valence-corrected chi connectivity index (χ0v) is 7.60. The van der Waals surface area contributed by atoms with E-state index in [4.69, 9.17) is 5.11 Å². The molecule has 0 aliphatic carbocycles. The molecule has 0 spiro atoms. The van der Waals surface area contributed by atoms with E-state index >= 15 is 0 Å². The van der Waals surface area contributed by atoms with Crippen molar-refractivity contribution in [2.45, 2.75) is 19.1 Å². The van der Waals surface area contributed by atoms with E-state index in [1.165, 1.54) is 6.92 Å². The molecule has 0 rings (SSSR count). The first-order valence-electron chi connectivity index (χ1n) is 3.90. The molecule has 0 bridgehead atoms. The van der Waals surface area contributed by atoms with Crippen molar-refractivity contribution in [2.75, 3.05) is 19.8 Å². The maximum absolute atomic E-state index is 11.5. The van der Waals surface area contributed by atoms with Crippen LogP contribution in [0.4, 0.5) is 13.2 Å². The van der Waals surface area contributed by atoms with Gasteiger partial charge in [-0.25, -0.2) is 0 Å². The van der Waals surface area contributed by atoms with Crippen LogP contribution in [0.1, 0.15) is 6.92 Å². The average Bonchev–Trinajstić information content (AvgIpc) is 2.01. The fraction of sp³-hybridized carbons (Fsp3) is 0.857. The van der Waals surface area contributed by atoms with Crippen LogP contribution in [0, 0.1) is 0 Å². The largest absolute Gasteiger partial charge is 0.411 e. The Morgan fingerprint density at radius 3 is 2.57 bits per heavy atom. The second-order valence-corrected chi connectivity index (χ2v) is 2.76. The van der Waals surface area contributed by atoms with Gasteiger partial charge in [-0.1, -0.05) is 0 Å². The SMILES string of the molecule is C[C@H](CO)NC(=O)COCC(F)(F)F. The summed E-state index contributed by atoms with van der Waals surface area (Å²) in [5.74, 6) is -0.684. The zero-order valence-electron chi connectivity index (χ0n) is 7.60. The van der Waals surface area contributed by atoms with E-state index in [-0.39, 0.29) is 6.61 Å². The van der Waals surface area contributed by atoms with Gasteiger partial charge >= 0.3 is 6.18 Å². The quantitative estimate of drug-likeness (QED) is 0.682. The summed E-state index contributed by atoms with van der Waals surface area (Å²) >= 11 is 0. The first-order valence-corrected chi connectivity index (χ1v) is 3.90. The maximum Gasteiger partial charge on any atom is 0.411 e. The molecule has 0 aliphatic heterocycles. The highest BCUT2D eigenvalue weighted by Crippen LogP contribution is 2.13. The van der Waals surface area contributed by atoms with Gasteiger partial charge in [-0.05, 0) is 6.92 Å². The van der Waals surface area contributed by atoms with Crippen LogP contribution < -0.4 is 5.32 Å². The Morgan fingerprint density at radius 1 is 1.57 bits per heavy atom. The fourth-order valence-corrected chi connectivity index (χ4v) is 0.622. The summed E-state index contributed by atoms with van der Waals surface area (Å²) < 4.78 is 38.7. The highest BCUT2D eigenvalue weighted by atomic mass is 19.4. The molecule has 0 aromatic carbocycles. The molecule has 1 amide bonds. The molecule has 0 heterocycles. The van der Waals surface area contributed by atoms with E-state index in [1.54, 1.807) is 0 Å². The number of carbonyl (C=O) groups excluding carboxylic acids is 1. The summed E-state index contributed by atoms with van der Waals surface area (Å²) in [6.07, 6.45) is -4.43. The van der Waals surface area contributed by atoms with Gasteiger partial charge in [0.2, 0.25) is 5.91 Å². The van der Waals surface area contributed by atoms with E-state index in [1.807, 2.05) is 0 Å². The lowest BCUT2D eigenvalue weighted by Crippen LogP contribution is -2.38. The molecule has 0 fully saturated rings. The lowest BCUT2D eigenvalue weighted by Gasteiger charge is -2.11. The number of halogens is 3. The molecule has 0 aromatic heterocycles. The van der Waals surface area contributed by atoms with Crippen molar-refractivity contribution in [3.63, 3.8) is 0 Å². The third-order valence-electron chi connectivity index (χ3n) is 1.18. The van der Waals surface area contributed by atoms with Crippen molar-refractivity contribution in [2.24, 2.45) is 0 Å². The number of rotatable bonds is 5. The zero-order chi connectivity index (χ0) is 11.2. The van der Waals surface area contributed by atoms with Crippen LogP contribution in [0.2, 0.25) is 0 Å². The Morgan fingerprint density at radius 2 is 2.14 bits per heavy atom. The van der Waals surface area contributed by atoms with Crippen molar-refractivity contribution in [1.29, 1.82) is 0 Å². The first-order chi connectivity index (χ1) is 6.35. The predicted octanol–water partition coefficient (Wildman–Crippen LogP) is 0.0623. The Balaban J connectivity index is 3.55. The minimum Gasteiger partial charge on any atom is -0.394 e. The van der Waals surface area contributed by atoms with E-state index in [0.29, 0.717) is 0 Å². The van der Waals surface area contributed by atoms with Crippen LogP contribution in [0.25, 0.3) is 0 Å². The van der Waals surface area contributed by atoms with Crippen LogP contribution in [0.15, 0.2) is 0 Å². The molecule has 14 heavy (non-hydrogen) atoms. The molecule has 0 aliphatic rings. The molecule has 2 N–H and O–H groups in total. The van der Waals surface area contributed by atoms with Crippen LogP contribution in [-0.2, 0) is 9.53 Å². The number of aliphatic hydroxyl groups is 1. The van der Waals surface area contributed by atoms with Gasteiger partial charge in [-0.15, -0.1) is 0 Å². The highest BCUT2D eigenvalue weighted by molar-refractivity contribution is 5.77. The maximum atomic E-state index is 11.5. The standard InChI is InChI=1S/C7H12F3NO3/c1-5(2-12)11-6(13)3-14-4-7(8,9)10/h5,12H,2-4H2,1H3,(H,11,13)/t5-/m1/s1. The molecule has 7 heteroatoms.